The molecule has 62 valence electrons. The smallest absolute Gasteiger partial charge is 0.236 e. The summed E-state index contributed by atoms with van der Waals surface area (Å²) in [7, 11) is 0. The number of nitrogens with one attached hydrogen (secondary N) is 1. The first-order valence-electron chi connectivity index (χ1n) is 3.94. The summed E-state index contributed by atoms with van der Waals surface area (Å²) in [5.74, 6) is 0.203. The topological polar surface area (TPSA) is 32.3 Å². The molecule has 0 aromatic heterocycles. The molecule has 3 heteroatoms. The van der Waals surface area contributed by atoms with Crippen LogP contribution in [-0.4, -0.2) is 37.0 Å². The largest absolute Gasteiger partial charge is 0.337 e. The van der Waals surface area contributed by atoms with Gasteiger partial charge in [-0.15, -0.1) is 0 Å². The average Bonchev–Trinajstić information content (AvgIpc) is 2.03. The van der Waals surface area contributed by atoms with E-state index in [4.69, 9.17) is 0 Å². The van der Waals surface area contributed by atoms with Crippen molar-refractivity contribution in [3.8, 4) is 0 Å². The van der Waals surface area contributed by atoms with Crippen LogP contribution in [0.5, 0.6) is 0 Å². The van der Waals surface area contributed by atoms with Crippen molar-refractivity contribution >= 4 is 5.91 Å². The summed E-state index contributed by atoms with van der Waals surface area (Å²) < 4.78 is 0. The Morgan fingerprint density at radius 1 is 1.73 bits per heavy atom. The molecule has 0 aromatic carbocycles. The first kappa shape index (κ1) is 8.27. The fraction of sp³-hybridized carbons (Fsp3) is 0.625. The van der Waals surface area contributed by atoms with Crippen LogP contribution in [0.25, 0.3) is 0 Å². The number of nitrogens with zero attached hydrogens (tertiary/aromatic N) is 1. The van der Waals surface area contributed by atoms with Crippen molar-refractivity contribution in [1.82, 2.24) is 10.2 Å². The van der Waals surface area contributed by atoms with E-state index in [0.717, 1.165) is 19.6 Å². The molecule has 0 aromatic rings. The maximum atomic E-state index is 11.1. The molecule has 1 fully saturated rings. The summed E-state index contributed by atoms with van der Waals surface area (Å²) >= 11 is 0. The van der Waals surface area contributed by atoms with Crippen molar-refractivity contribution in [2.75, 3.05) is 26.2 Å². The van der Waals surface area contributed by atoms with Crippen molar-refractivity contribution in [1.29, 1.82) is 0 Å². The van der Waals surface area contributed by atoms with Gasteiger partial charge in [0.15, 0.2) is 0 Å². The molecule has 1 aliphatic rings. The van der Waals surface area contributed by atoms with E-state index in [0.29, 0.717) is 6.54 Å². The number of carbonyl (C=O) groups excluding carboxylic acids is 1. The molecular formula is C8H14N2O. The lowest BCUT2D eigenvalue weighted by atomic mass is 10.3. The molecule has 1 heterocycles. The molecule has 1 aliphatic heterocycles. The Morgan fingerprint density at radius 3 is 3.18 bits per heavy atom. The lowest BCUT2D eigenvalue weighted by molar-refractivity contribution is -0.131. The first-order valence-corrected chi connectivity index (χ1v) is 3.94. The molecule has 1 saturated heterocycles. The van der Waals surface area contributed by atoms with E-state index >= 15 is 0 Å². The standard InChI is InChI=1S/C8H14N2O/c1-2-3-5-10-6-4-9-7-8(10)11/h2-3,9H,4-7H2,1H3/b3-2+. The van der Waals surface area contributed by atoms with Crippen LogP contribution < -0.4 is 5.32 Å². The molecule has 0 radical (unpaired) electrons. The highest BCUT2D eigenvalue weighted by molar-refractivity contribution is 5.79. The van der Waals surface area contributed by atoms with Gasteiger partial charge in [-0.05, 0) is 6.92 Å². The second-order valence-corrected chi connectivity index (χ2v) is 2.59. The van der Waals surface area contributed by atoms with Crippen molar-refractivity contribution < 1.29 is 4.79 Å². The zero-order chi connectivity index (χ0) is 8.10. The summed E-state index contributed by atoms with van der Waals surface area (Å²) in [4.78, 5) is 13.0. The van der Waals surface area contributed by atoms with E-state index in [2.05, 4.69) is 5.32 Å². The van der Waals surface area contributed by atoms with E-state index in [1.807, 2.05) is 24.0 Å². The highest BCUT2D eigenvalue weighted by atomic mass is 16.2. The van der Waals surface area contributed by atoms with Gasteiger partial charge in [0.05, 0.1) is 6.54 Å². The lowest BCUT2D eigenvalue weighted by Crippen LogP contribution is -2.47. The van der Waals surface area contributed by atoms with Gasteiger partial charge in [-0.2, -0.15) is 0 Å². The highest BCUT2D eigenvalue weighted by Gasteiger charge is 2.14. The minimum absolute atomic E-state index is 0.203. The van der Waals surface area contributed by atoms with Crippen LogP contribution in [0.2, 0.25) is 0 Å². The van der Waals surface area contributed by atoms with E-state index < -0.39 is 0 Å². The fourth-order valence-electron chi connectivity index (χ4n) is 1.07. The molecule has 1 amide bonds. The minimum atomic E-state index is 0.203. The molecule has 0 atom stereocenters. The van der Waals surface area contributed by atoms with Crippen LogP contribution in [0.3, 0.4) is 0 Å². The number of carbonyl (C=O) groups is 1. The van der Waals surface area contributed by atoms with Gasteiger partial charge in [0.2, 0.25) is 5.91 Å². The third kappa shape index (κ3) is 2.35. The molecule has 3 nitrogen and oxygen atoms in total. The van der Waals surface area contributed by atoms with E-state index in [1.54, 1.807) is 0 Å². The quantitative estimate of drug-likeness (QED) is 0.567. The van der Waals surface area contributed by atoms with Gasteiger partial charge in [0.1, 0.15) is 0 Å². The summed E-state index contributed by atoms with van der Waals surface area (Å²) in [5, 5.41) is 3.03. The monoisotopic (exact) mass is 154 g/mol. The molecular weight excluding hydrogens is 140 g/mol. The Morgan fingerprint density at radius 2 is 2.55 bits per heavy atom. The summed E-state index contributed by atoms with van der Waals surface area (Å²) in [6, 6.07) is 0. The predicted octanol–water partition coefficient (Wildman–Crippen LogP) is -0.00570. The Kier molecular flexibility index (Phi) is 3.11. The van der Waals surface area contributed by atoms with Gasteiger partial charge in [-0.25, -0.2) is 0 Å². The van der Waals surface area contributed by atoms with E-state index in [1.165, 1.54) is 0 Å². The minimum Gasteiger partial charge on any atom is -0.337 e. The average molecular weight is 154 g/mol. The maximum absolute atomic E-state index is 11.1. The Hall–Kier alpha value is -0.830. The number of rotatable bonds is 2. The van der Waals surface area contributed by atoms with Crippen LogP contribution in [0.15, 0.2) is 12.2 Å². The summed E-state index contributed by atoms with van der Waals surface area (Å²) in [6.45, 7) is 4.98. The second-order valence-electron chi connectivity index (χ2n) is 2.59. The molecule has 0 aliphatic carbocycles. The van der Waals surface area contributed by atoms with Gasteiger partial charge < -0.3 is 10.2 Å². The van der Waals surface area contributed by atoms with Gasteiger partial charge in [-0.3, -0.25) is 4.79 Å². The van der Waals surface area contributed by atoms with Crippen LogP contribution in [0.4, 0.5) is 0 Å². The van der Waals surface area contributed by atoms with Gasteiger partial charge in [0.25, 0.3) is 0 Å². The normalized spacial score (nSPS) is 19.7. The van der Waals surface area contributed by atoms with Crippen molar-refractivity contribution in [3.05, 3.63) is 12.2 Å². The third-order valence-electron chi connectivity index (χ3n) is 1.75. The molecule has 0 unspecified atom stereocenters. The lowest BCUT2D eigenvalue weighted by Gasteiger charge is -2.25. The highest BCUT2D eigenvalue weighted by Crippen LogP contribution is 1.93. The number of allylic oxidation sites excluding steroid dienone is 1. The zero-order valence-corrected chi connectivity index (χ0v) is 6.84. The molecule has 11 heavy (non-hydrogen) atoms. The summed E-state index contributed by atoms with van der Waals surface area (Å²) in [6.07, 6.45) is 3.97. The number of hydrogen-bond acceptors (Lipinski definition) is 2. The zero-order valence-electron chi connectivity index (χ0n) is 6.84. The third-order valence-corrected chi connectivity index (χ3v) is 1.75. The van der Waals surface area contributed by atoms with E-state index in [-0.39, 0.29) is 5.91 Å². The van der Waals surface area contributed by atoms with E-state index in [9.17, 15) is 4.79 Å². The second kappa shape index (κ2) is 4.13. The summed E-state index contributed by atoms with van der Waals surface area (Å²) in [5.41, 5.74) is 0. The molecule has 1 N–H and O–H groups in total. The van der Waals surface area contributed by atoms with Crippen LogP contribution >= 0.6 is 0 Å². The molecule has 0 bridgehead atoms. The number of piperazine rings is 1. The van der Waals surface area contributed by atoms with Crippen molar-refractivity contribution in [3.63, 3.8) is 0 Å². The Labute approximate surface area is 67.1 Å². The molecule has 1 rings (SSSR count). The van der Waals surface area contributed by atoms with Gasteiger partial charge in [-0.1, -0.05) is 12.2 Å². The van der Waals surface area contributed by atoms with Gasteiger partial charge >= 0.3 is 0 Å². The van der Waals surface area contributed by atoms with Gasteiger partial charge in [0, 0.05) is 19.6 Å². The first-order chi connectivity index (χ1) is 5.34. The number of amides is 1. The molecule has 0 saturated carbocycles. The van der Waals surface area contributed by atoms with Crippen LogP contribution in [0.1, 0.15) is 6.92 Å². The SMILES string of the molecule is C/C=C/CN1CCNCC1=O. The van der Waals surface area contributed by atoms with Crippen molar-refractivity contribution in [2.45, 2.75) is 6.92 Å². The maximum Gasteiger partial charge on any atom is 0.236 e. The van der Waals surface area contributed by atoms with Crippen molar-refractivity contribution in [2.24, 2.45) is 0 Å². The number of hydrogen-bond donors (Lipinski definition) is 1. The molecule has 0 spiro atoms. The van der Waals surface area contributed by atoms with Crippen LogP contribution in [0, 0.1) is 0 Å². The predicted molar refractivity (Wildman–Crippen MR) is 44.3 cm³/mol. The Bertz CT molecular complexity index is 165. The Balaban J connectivity index is 2.35. The van der Waals surface area contributed by atoms with Crippen LogP contribution in [-0.2, 0) is 4.79 Å². The fourth-order valence-corrected chi connectivity index (χ4v) is 1.07.